The topological polar surface area (TPSA) is 61.5 Å². The van der Waals surface area contributed by atoms with Crippen LogP contribution in [0.3, 0.4) is 0 Å². The lowest BCUT2D eigenvalue weighted by Crippen LogP contribution is -2.21. The van der Waals surface area contributed by atoms with E-state index in [-0.39, 0.29) is 5.97 Å². The summed E-state index contributed by atoms with van der Waals surface area (Å²) in [4.78, 5) is 16.8. The zero-order valence-corrected chi connectivity index (χ0v) is 15.5. The molecule has 2 N–H and O–H groups in total. The molecule has 0 radical (unpaired) electrons. The van der Waals surface area contributed by atoms with Crippen molar-refractivity contribution < 1.29 is 14.4 Å². The molecule has 0 amide bonds. The Labute approximate surface area is 156 Å². The number of esters is 1. The number of allylic oxidation sites excluding steroid dienone is 3. The van der Waals surface area contributed by atoms with Gasteiger partial charge < -0.3 is 9.57 Å². The van der Waals surface area contributed by atoms with E-state index in [9.17, 15) is 4.79 Å². The minimum absolute atomic E-state index is 0.358. The quantitative estimate of drug-likeness (QED) is 0.565. The lowest BCUT2D eigenvalue weighted by atomic mass is 9.73. The van der Waals surface area contributed by atoms with Crippen LogP contribution in [0.2, 0.25) is 0 Å². The van der Waals surface area contributed by atoms with Gasteiger partial charge in [-0.05, 0) is 73.4 Å². The molecule has 3 rings (SSSR count). The first-order chi connectivity index (χ1) is 12.7. The number of rotatable bonds is 6. The molecule has 26 heavy (non-hydrogen) atoms. The molecule has 0 bridgehead atoms. The van der Waals surface area contributed by atoms with Crippen LogP contribution in [0.5, 0.6) is 5.75 Å². The van der Waals surface area contributed by atoms with Crippen LogP contribution < -0.4 is 10.7 Å². The number of nitrogens with two attached hydrogens (primary N) is 1. The Hall–Kier alpha value is -2.07. The molecule has 2 aliphatic rings. The summed E-state index contributed by atoms with van der Waals surface area (Å²) in [5.41, 5.74) is 0.483. The maximum Gasteiger partial charge on any atom is 0.343 e. The monoisotopic (exact) mass is 355 g/mol. The second kappa shape index (κ2) is 9.04. The van der Waals surface area contributed by atoms with Crippen molar-refractivity contribution in [3.05, 3.63) is 53.8 Å². The van der Waals surface area contributed by atoms with Crippen LogP contribution in [-0.4, -0.2) is 5.97 Å². The van der Waals surface area contributed by atoms with E-state index in [2.05, 4.69) is 23.9 Å². The standard InChI is InChI=1S/C22H29NO3/c1-2-3-16-4-6-17(7-5-16)18-8-12-20(13-9-18)25-22(24)19-10-14-21(26-23)15-11-19/h8,10-18H,2-7,9,23H2,1H3. The van der Waals surface area contributed by atoms with Crippen molar-refractivity contribution in [2.24, 2.45) is 23.7 Å². The number of ether oxygens (including phenoxy) is 1. The molecule has 1 fully saturated rings. The Balaban J connectivity index is 1.49. The Bertz CT molecular complexity index is 654. The minimum atomic E-state index is -0.358. The van der Waals surface area contributed by atoms with Crippen molar-refractivity contribution >= 4 is 5.97 Å². The number of carbonyl (C=O) groups excluding carboxylic acids is 1. The van der Waals surface area contributed by atoms with Gasteiger partial charge in [0.15, 0.2) is 0 Å². The molecule has 1 unspecified atom stereocenters. The molecule has 1 aromatic carbocycles. The maximum atomic E-state index is 12.2. The molecule has 0 saturated heterocycles. The second-order valence-corrected chi connectivity index (χ2v) is 7.47. The van der Waals surface area contributed by atoms with Crippen LogP contribution >= 0.6 is 0 Å². The molecule has 1 atom stereocenters. The molecular formula is C22H29NO3. The third kappa shape index (κ3) is 4.76. The van der Waals surface area contributed by atoms with E-state index in [1.54, 1.807) is 24.3 Å². The van der Waals surface area contributed by atoms with E-state index in [0.29, 0.717) is 23.0 Å². The first-order valence-corrected chi connectivity index (χ1v) is 9.77. The fourth-order valence-electron chi connectivity index (χ4n) is 4.19. The number of hydrogen-bond donors (Lipinski definition) is 1. The summed E-state index contributed by atoms with van der Waals surface area (Å²) in [5, 5.41) is 0. The Morgan fingerprint density at radius 3 is 2.46 bits per heavy atom. The molecule has 0 aliphatic heterocycles. The lowest BCUT2D eigenvalue weighted by molar-refractivity contribution is 0.0633. The van der Waals surface area contributed by atoms with Gasteiger partial charge >= 0.3 is 5.97 Å². The van der Waals surface area contributed by atoms with E-state index >= 15 is 0 Å². The zero-order valence-electron chi connectivity index (χ0n) is 15.5. The highest BCUT2D eigenvalue weighted by atomic mass is 16.6. The van der Waals surface area contributed by atoms with E-state index < -0.39 is 0 Å². The Morgan fingerprint density at radius 2 is 1.88 bits per heavy atom. The fourth-order valence-corrected chi connectivity index (χ4v) is 4.19. The predicted octanol–water partition coefficient (Wildman–Crippen LogP) is 5.16. The van der Waals surface area contributed by atoms with Crippen molar-refractivity contribution in [2.45, 2.75) is 51.9 Å². The summed E-state index contributed by atoms with van der Waals surface area (Å²) in [5.74, 6) is 8.18. The van der Waals surface area contributed by atoms with Gasteiger partial charge in [0, 0.05) is 0 Å². The van der Waals surface area contributed by atoms with Crippen molar-refractivity contribution in [3.63, 3.8) is 0 Å². The van der Waals surface area contributed by atoms with Crippen LogP contribution in [0.25, 0.3) is 0 Å². The molecule has 1 aromatic rings. The third-order valence-electron chi connectivity index (χ3n) is 5.73. The normalized spacial score (nSPS) is 25.5. The highest BCUT2D eigenvalue weighted by Gasteiger charge is 2.26. The molecule has 1 saturated carbocycles. The van der Waals surface area contributed by atoms with E-state index in [4.69, 9.17) is 10.6 Å². The summed E-state index contributed by atoms with van der Waals surface area (Å²) in [6.45, 7) is 2.28. The second-order valence-electron chi connectivity index (χ2n) is 7.47. The summed E-state index contributed by atoms with van der Waals surface area (Å²) >= 11 is 0. The van der Waals surface area contributed by atoms with E-state index in [1.165, 1.54) is 38.5 Å². The van der Waals surface area contributed by atoms with Gasteiger partial charge in [0.05, 0.1) is 5.56 Å². The molecular weight excluding hydrogens is 326 g/mol. The summed E-state index contributed by atoms with van der Waals surface area (Å²) in [6.07, 6.45) is 15.3. The van der Waals surface area contributed by atoms with Crippen LogP contribution in [0.4, 0.5) is 0 Å². The highest BCUT2D eigenvalue weighted by molar-refractivity contribution is 5.90. The fraction of sp³-hybridized carbons (Fsp3) is 0.500. The van der Waals surface area contributed by atoms with Crippen LogP contribution in [-0.2, 0) is 4.74 Å². The van der Waals surface area contributed by atoms with Crippen LogP contribution in [0.15, 0.2) is 48.3 Å². The zero-order chi connectivity index (χ0) is 18.4. The number of hydrogen-bond acceptors (Lipinski definition) is 4. The molecule has 0 spiro atoms. The van der Waals surface area contributed by atoms with Gasteiger partial charge in [0.1, 0.15) is 11.5 Å². The third-order valence-corrected chi connectivity index (χ3v) is 5.73. The smallest absolute Gasteiger partial charge is 0.343 e. The summed E-state index contributed by atoms with van der Waals surface area (Å²) in [7, 11) is 0. The van der Waals surface area contributed by atoms with Crippen molar-refractivity contribution in [2.75, 3.05) is 0 Å². The van der Waals surface area contributed by atoms with E-state index in [1.807, 2.05) is 6.08 Å². The van der Waals surface area contributed by atoms with Gasteiger partial charge in [-0.15, -0.1) is 0 Å². The average Bonchev–Trinajstić information content (AvgIpc) is 2.69. The van der Waals surface area contributed by atoms with Gasteiger partial charge in [0.2, 0.25) is 0 Å². The van der Waals surface area contributed by atoms with Crippen molar-refractivity contribution in [3.8, 4) is 5.75 Å². The first-order valence-electron chi connectivity index (χ1n) is 9.77. The highest BCUT2D eigenvalue weighted by Crippen LogP contribution is 2.38. The molecule has 140 valence electrons. The molecule has 2 aliphatic carbocycles. The van der Waals surface area contributed by atoms with Gasteiger partial charge in [-0.3, -0.25) is 0 Å². The largest absolute Gasteiger partial charge is 0.423 e. The minimum Gasteiger partial charge on any atom is -0.423 e. The van der Waals surface area contributed by atoms with Gasteiger partial charge in [0.25, 0.3) is 0 Å². The van der Waals surface area contributed by atoms with Gasteiger partial charge in [-0.25, -0.2) is 4.79 Å². The first kappa shape index (κ1) is 18.7. The molecule has 4 nitrogen and oxygen atoms in total. The summed E-state index contributed by atoms with van der Waals surface area (Å²) in [6, 6.07) is 6.59. The molecule has 0 heterocycles. The molecule has 4 heteroatoms. The summed E-state index contributed by atoms with van der Waals surface area (Å²) < 4.78 is 5.50. The SMILES string of the molecule is CCCC1CCC(C2C=CC(OC(=O)c3ccc(ON)cc3)=CC2)CC1. The van der Waals surface area contributed by atoms with Crippen LogP contribution in [0, 0.1) is 17.8 Å². The Kier molecular flexibility index (Phi) is 6.51. The van der Waals surface area contributed by atoms with Gasteiger partial charge in [-0.2, -0.15) is 5.90 Å². The number of benzene rings is 1. The van der Waals surface area contributed by atoms with Crippen molar-refractivity contribution in [1.29, 1.82) is 0 Å². The predicted molar refractivity (Wildman–Crippen MR) is 102 cm³/mol. The van der Waals surface area contributed by atoms with Gasteiger partial charge in [-0.1, -0.05) is 38.7 Å². The lowest BCUT2D eigenvalue weighted by Gasteiger charge is -2.33. The molecule has 0 aromatic heterocycles. The van der Waals surface area contributed by atoms with Crippen LogP contribution in [0.1, 0.15) is 62.2 Å². The maximum absolute atomic E-state index is 12.2. The van der Waals surface area contributed by atoms with E-state index in [0.717, 1.165) is 18.3 Å². The Morgan fingerprint density at radius 1 is 1.15 bits per heavy atom. The number of carbonyl (C=O) groups is 1. The van der Waals surface area contributed by atoms with Crippen molar-refractivity contribution in [1.82, 2.24) is 0 Å². The average molecular weight is 355 g/mol.